The Hall–Kier alpha value is -4.19. The van der Waals surface area contributed by atoms with Crippen LogP contribution in [0.2, 0.25) is 0 Å². The summed E-state index contributed by atoms with van der Waals surface area (Å²) in [6.45, 7) is -0.202. The zero-order valence-corrected chi connectivity index (χ0v) is 16.6. The first-order valence-corrected chi connectivity index (χ1v) is 9.56. The lowest BCUT2D eigenvalue weighted by Gasteiger charge is -2.21. The first-order valence-electron chi connectivity index (χ1n) is 9.56. The highest BCUT2D eigenvalue weighted by Crippen LogP contribution is 2.15. The van der Waals surface area contributed by atoms with Gasteiger partial charge in [-0.2, -0.15) is 5.26 Å². The molecule has 4 amide bonds. The van der Waals surface area contributed by atoms with Crippen LogP contribution in [0.25, 0.3) is 0 Å². The molecular weight excluding hydrogens is 400 g/mol. The lowest BCUT2D eigenvalue weighted by Crippen LogP contribution is -2.35. The summed E-state index contributed by atoms with van der Waals surface area (Å²) in [6, 6.07) is 16.6. The van der Waals surface area contributed by atoms with E-state index < -0.39 is 24.5 Å². The average molecular weight is 420 g/mol. The van der Waals surface area contributed by atoms with E-state index in [0.717, 1.165) is 4.90 Å². The highest BCUT2D eigenvalue weighted by Gasteiger charge is 2.28. The maximum absolute atomic E-state index is 12.6. The monoisotopic (exact) mass is 420 g/mol. The fourth-order valence-corrected chi connectivity index (χ4v) is 3.00. The van der Waals surface area contributed by atoms with Crippen molar-refractivity contribution in [2.45, 2.75) is 13.0 Å². The number of imide groups is 1. The molecule has 0 bridgehead atoms. The number of esters is 1. The minimum Gasteiger partial charge on any atom is -0.452 e. The smallest absolute Gasteiger partial charge is 0.338 e. The summed E-state index contributed by atoms with van der Waals surface area (Å²) in [4.78, 5) is 50.6. The molecule has 9 nitrogen and oxygen atoms in total. The number of carbonyl (C=O) groups is 4. The minimum atomic E-state index is -0.678. The van der Waals surface area contributed by atoms with E-state index in [1.54, 1.807) is 36.4 Å². The Morgan fingerprint density at radius 3 is 2.42 bits per heavy atom. The fraction of sp³-hybridized carbons (Fsp3) is 0.227. The molecule has 0 atom stereocenters. The largest absolute Gasteiger partial charge is 0.452 e. The molecule has 3 rings (SSSR count). The van der Waals surface area contributed by atoms with Gasteiger partial charge < -0.3 is 15.0 Å². The van der Waals surface area contributed by atoms with Crippen LogP contribution in [0.3, 0.4) is 0 Å². The van der Waals surface area contributed by atoms with Crippen LogP contribution in [0.15, 0.2) is 54.6 Å². The van der Waals surface area contributed by atoms with E-state index in [0.29, 0.717) is 11.3 Å². The molecule has 2 aromatic rings. The second-order valence-electron chi connectivity index (χ2n) is 6.70. The van der Waals surface area contributed by atoms with Crippen molar-refractivity contribution in [1.82, 2.24) is 10.2 Å². The number of nitrogens with one attached hydrogen (secondary N) is 1. The van der Waals surface area contributed by atoms with Crippen molar-refractivity contribution in [3.8, 4) is 6.07 Å². The third-order valence-corrected chi connectivity index (χ3v) is 4.61. The van der Waals surface area contributed by atoms with Gasteiger partial charge in [0.05, 0.1) is 31.1 Å². The predicted molar refractivity (Wildman–Crippen MR) is 110 cm³/mol. The van der Waals surface area contributed by atoms with Crippen LogP contribution in [0.4, 0.5) is 10.5 Å². The zero-order chi connectivity index (χ0) is 22.2. The molecule has 0 aromatic heterocycles. The molecular formula is C22H20N4O5. The Morgan fingerprint density at radius 1 is 1.10 bits per heavy atom. The van der Waals surface area contributed by atoms with Crippen LogP contribution in [0.1, 0.15) is 22.3 Å². The van der Waals surface area contributed by atoms with Gasteiger partial charge in [0.25, 0.3) is 5.91 Å². The molecule has 1 N–H and O–H groups in total. The van der Waals surface area contributed by atoms with Crippen LogP contribution in [-0.2, 0) is 20.9 Å². The van der Waals surface area contributed by atoms with E-state index in [1.165, 1.54) is 17.0 Å². The second-order valence-corrected chi connectivity index (χ2v) is 6.70. The van der Waals surface area contributed by atoms with Crippen LogP contribution in [0.5, 0.6) is 0 Å². The second kappa shape index (κ2) is 10.0. The third kappa shape index (κ3) is 5.45. The zero-order valence-electron chi connectivity index (χ0n) is 16.6. The maximum atomic E-state index is 12.6. The van der Waals surface area contributed by atoms with Crippen molar-refractivity contribution in [2.75, 3.05) is 24.6 Å². The van der Waals surface area contributed by atoms with Crippen LogP contribution in [0, 0.1) is 11.3 Å². The van der Waals surface area contributed by atoms with Gasteiger partial charge in [0.1, 0.15) is 0 Å². The number of urea groups is 1. The molecule has 0 radical (unpaired) electrons. The molecule has 0 unspecified atom stereocenters. The quantitative estimate of drug-likeness (QED) is 0.514. The van der Waals surface area contributed by atoms with Crippen molar-refractivity contribution in [3.63, 3.8) is 0 Å². The topological polar surface area (TPSA) is 120 Å². The molecule has 0 spiro atoms. The van der Waals surface area contributed by atoms with Gasteiger partial charge in [-0.25, -0.2) is 9.59 Å². The van der Waals surface area contributed by atoms with E-state index >= 15 is 0 Å². The van der Waals surface area contributed by atoms with Crippen molar-refractivity contribution in [1.29, 1.82) is 5.26 Å². The summed E-state index contributed by atoms with van der Waals surface area (Å²) in [6.07, 6.45) is 0.146. The number of carbonyl (C=O) groups excluding carboxylic acids is 4. The number of anilines is 1. The lowest BCUT2D eigenvalue weighted by atomic mass is 10.1. The van der Waals surface area contributed by atoms with Gasteiger partial charge in [0.15, 0.2) is 6.61 Å². The molecule has 1 aliphatic rings. The van der Waals surface area contributed by atoms with Crippen molar-refractivity contribution in [3.05, 3.63) is 65.7 Å². The normalized spacial score (nSPS) is 12.8. The standard InChI is InChI=1S/C22H20N4O5/c23-11-4-12-25(18-5-2-1-3-6-18)20(28)15-31-21(29)17-9-7-16(8-10-17)14-26-19(27)13-24-22(26)30/h1-3,5-10H,4,12-15H2,(H,24,30). The molecule has 31 heavy (non-hydrogen) atoms. The molecule has 9 heteroatoms. The summed E-state index contributed by atoms with van der Waals surface area (Å²) in [5, 5.41) is 11.3. The summed E-state index contributed by atoms with van der Waals surface area (Å²) in [5.41, 5.74) is 1.52. The van der Waals surface area contributed by atoms with Gasteiger partial charge in [-0.05, 0) is 29.8 Å². The van der Waals surface area contributed by atoms with Crippen LogP contribution in [-0.4, -0.2) is 48.4 Å². The number of rotatable bonds is 8. The first-order chi connectivity index (χ1) is 15.0. The Labute approximate surface area is 178 Å². The summed E-state index contributed by atoms with van der Waals surface area (Å²) in [5.74, 6) is -1.43. The Bertz CT molecular complexity index is 998. The number of benzene rings is 2. The molecule has 0 aliphatic carbocycles. The molecule has 1 heterocycles. The Morgan fingerprint density at radius 2 is 1.81 bits per heavy atom. The average Bonchev–Trinajstić information content (AvgIpc) is 3.11. The number of amides is 4. The number of hydrogen-bond acceptors (Lipinski definition) is 6. The summed E-state index contributed by atoms with van der Waals surface area (Å²) in [7, 11) is 0. The molecule has 1 aliphatic heterocycles. The predicted octanol–water partition coefficient (Wildman–Crippen LogP) is 1.84. The molecule has 1 fully saturated rings. The molecule has 0 saturated carbocycles. The van der Waals surface area contributed by atoms with E-state index in [2.05, 4.69) is 5.32 Å². The van der Waals surface area contributed by atoms with Crippen molar-refractivity contribution < 1.29 is 23.9 Å². The van der Waals surface area contributed by atoms with E-state index in [1.807, 2.05) is 12.1 Å². The molecule has 2 aromatic carbocycles. The summed E-state index contributed by atoms with van der Waals surface area (Å²) >= 11 is 0. The van der Waals surface area contributed by atoms with Crippen molar-refractivity contribution in [2.24, 2.45) is 0 Å². The Kier molecular flexibility index (Phi) is 6.96. The molecule has 1 saturated heterocycles. The molecule has 158 valence electrons. The van der Waals surface area contributed by atoms with Gasteiger partial charge >= 0.3 is 12.0 Å². The van der Waals surface area contributed by atoms with Gasteiger partial charge in [0, 0.05) is 12.2 Å². The number of nitrogens with zero attached hydrogens (tertiary/aromatic N) is 3. The lowest BCUT2D eigenvalue weighted by molar-refractivity contribution is -0.125. The SMILES string of the molecule is N#CCCN(C(=O)COC(=O)c1ccc(CN2C(=O)CNC2=O)cc1)c1ccccc1. The van der Waals surface area contributed by atoms with Gasteiger partial charge in [-0.15, -0.1) is 0 Å². The number of ether oxygens (including phenoxy) is 1. The minimum absolute atomic E-state index is 0.0222. The van der Waals surface area contributed by atoms with E-state index in [9.17, 15) is 19.2 Å². The number of hydrogen-bond donors (Lipinski definition) is 1. The van der Waals surface area contributed by atoms with Gasteiger partial charge in [0.2, 0.25) is 5.91 Å². The maximum Gasteiger partial charge on any atom is 0.338 e. The van der Waals surface area contributed by atoms with Crippen molar-refractivity contribution >= 4 is 29.5 Å². The van der Waals surface area contributed by atoms with E-state index in [4.69, 9.17) is 10.00 Å². The van der Waals surface area contributed by atoms with Crippen LogP contribution >= 0.6 is 0 Å². The van der Waals surface area contributed by atoms with Gasteiger partial charge in [-0.1, -0.05) is 30.3 Å². The first kappa shape index (κ1) is 21.5. The number of nitriles is 1. The highest BCUT2D eigenvalue weighted by molar-refractivity contribution is 6.02. The summed E-state index contributed by atoms with van der Waals surface area (Å²) < 4.78 is 5.14. The fourth-order valence-electron chi connectivity index (χ4n) is 3.00. The highest BCUT2D eigenvalue weighted by atomic mass is 16.5. The van der Waals surface area contributed by atoms with Gasteiger partial charge in [-0.3, -0.25) is 14.5 Å². The van der Waals surface area contributed by atoms with E-state index in [-0.39, 0.29) is 37.5 Å². The third-order valence-electron chi connectivity index (χ3n) is 4.61. The van der Waals surface area contributed by atoms with Crippen LogP contribution < -0.4 is 10.2 Å². The number of para-hydroxylation sites is 1. The Balaban J connectivity index is 1.58.